The molecule has 0 saturated heterocycles. The van der Waals surface area contributed by atoms with Gasteiger partial charge in [-0.3, -0.25) is 14.9 Å². The van der Waals surface area contributed by atoms with Gasteiger partial charge in [0.15, 0.2) is 0 Å². The number of benzene rings is 1. The number of aryl methyl sites for hydroxylation is 1. The normalized spacial score (nSPS) is 9.53. The fraction of sp³-hybridized carbons (Fsp3) is 0.250. The molecular weight excluding hydrogens is 220 g/mol. The number of ketones is 1. The van der Waals surface area contributed by atoms with Crippen LogP contribution in [0.15, 0.2) is 24.3 Å². The van der Waals surface area contributed by atoms with Crippen molar-refractivity contribution in [1.82, 2.24) is 5.32 Å². The number of amides is 3. The summed E-state index contributed by atoms with van der Waals surface area (Å²) < 4.78 is 0. The Labute approximate surface area is 99.2 Å². The maximum absolute atomic E-state index is 11.4. The van der Waals surface area contributed by atoms with Crippen LogP contribution in [0.2, 0.25) is 0 Å². The average Bonchev–Trinajstić information content (AvgIpc) is 2.19. The molecule has 0 radical (unpaired) electrons. The zero-order valence-electron chi connectivity index (χ0n) is 9.74. The van der Waals surface area contributed by atoms with Gasteiger partial charge in [0.25, 0.3) is 0 Å². The van der Waals surface area contributed by atoms with Crippen molar-refractivity contribution in [2.45, 2.75) is 20.3 Å². The first-order valence-corrected chi connectivity index (χ1v) is 5.15. The molecule has 1 aromatic carbocycles. The third kappa shape index (κ3) is 4.46. The standard InChI is InChI=1S/C12H14N2O3/c1-8-5-3-4-6-10(8)13-12(17)14-11(16)7-9(2)15/h3-6H,7H2,1-2H3,(H2,13,14,16,17). The maximum Gasteiger partial charge on any atom is 0.325 e. The number of Topliss-reactive ketones (excluding diaryl/α,β-unsaturated/α-hetero) is 1. The monoisotopic (exact) mass is 234 g/mol. The highest BCUT2D eigenvalue weighted by atomic mass is 16.2. The van der Waals surface area contributed by atoms with Gasteiger partial charge in [-0.2, -0.15) is 0 Å². The molecule has 5 heteroatoms. The number of carbonyl (C=O) groups is 3. The second-order valence-electron chi connectivity index (χ2n) is 3.70. The summed E-state index contributed by atoms with van der Waals surface area (Å²) in [6.45, 7) is 3.13. The number of anilines is 1. The van der Waals surface area contributed by atoms with Gasteiger partial charge in [-0.05, 0) is 25.5 Å². The highest BCUT2D eigenvalue weighted by Gasteiger charge is 2.10. The highest BCUT2D eigenvalue weighted by Crippen LogP contribution is 2.12. The third-order valence-electron chi connectivity index (χ3n) is 2.06. The first-order chi connectivity index (χ1) is 7.99. The van der Waals surface area contributed by atoms with E-state index in [0.29, 0.717) is 5.69 Å². The van der Waals surface area contributed by atoms with Crippen LogP contribution >= 0.6 is 0 Å². The molecule has 5 nitrogen and oxygen atoms in total. The van der Waals surface area contributed by atoms with Crippen molar-refractivity contribution < 1.29 is 14.4 Å². The summed E-state index contributed by atoms with van der Waals surface area (Å²) in [6.07, 6.45) is -0.290. The van der Waals surface area contributed by atoms with Crippen LogP contribution in [0.1, 0.15) is 18.9 Å². The van der Waals surface area contributed by atoms with Crippen LogP contribution in [-0.2, 0) is 9.59 Å². The van der Waals surface area contributed by atoms with Gasteiger partial charge in [0.05, 0.1) is 6.42 Å². The molecule has 0 aliphatic rings. The van der Waals surface area contributed by atoms with E-state index in [2.05, 4.69) is 10.6 Å². The largest absolute Gasteiger partial charge is 0.325 e. The first-order valence-electron chi connectivity index (χ1n) is 5.15. The highest BCUT2D eigenvalue weighted by molar-refractivity contribution is 6.07. The van der Waals surface area contributed by atoms with Gasteiger partial charge in [-0.1, -0.05) is 18.2 Å². The zero-order chi connectivity index (χ0) is 12.8. The van der Waals surface area contributed by atoms with Gasteiger partial charge in [0.1, 0.15) is 5.78 Å². The number of para-hydroxylation sites is 1. The van der Waals surface area contributed by atoms with Crippen molar-refractivity contribution in [3.63, 3.8) is 0 Å². The molecule has 0 unspecified atom stereocenters. The predicted octanol–water partition coefficient (Wildman–Crippen LogP) is 1.62. The van der Waals surface area contributed by atoms with Gasteiger partial charge >= 0.3 is 6.03 Å². The molecule has 1 rings (SSSR count). The van der Waals surface area contributed by atoms with Crippen LogP contribution < -0.4 is 10.6 Å². The van der Waals surface area contributed by atoms with E-state index in [4.69, 9.17) is 0 Å². The second kappa shape index (κ2) is 5.79. The number of carbonyl (C=O) groups excluding carboxylic acids is 3. The van der Waals surface area contributed by atoms with Crippen molar-refractivity contribution in [1.29, 1.82) is 0 Å². The summed E-state index contributed by atoms with van der Waals surface area (Å²) in [5.74, 6) is -0.894. The number of nitrogens with one attached hydrogen (secondary N) is 2. The van der Waals surface area contributed by atoms with E-state index < -0.39 is 11.9 Å². The molecule has 0 aromatic heterocycles. The molecule has 0 aliphatic heterocycles. The molecule has 0 bridgehead atoms. The number of rotatable bonds is 3. The van der Waals surface area contributed by atoms with Crippen LogP contribution in [0, 0.1) is 6.92 Å². The lowest BCUT2D eigenvalue weighted by molar-refractivity contribution is -0.126. The van der Waals surface area contributed by atoms with E-state index in [1.165, 1.54) is 6.92 Å². The van der Waals surface area contributed by atoms with Crippen molar-refractivity contribution in [2.75, 3.05) is 5.32 Å². The van der Waals surface area contributed by atoms with Gasteiger partial charge in [-0.15, -0.1) is 0 Å². The minimum absolute atomic E-state index is 0.286. The van der Waals surface area contributed by atoms with E-state index >= 15 is 0 Å². The van der Waals surface area contributed by atoms with Crippen molar-refractivity contribution in [3.05, 3.63) is 29.8 Å². The molecule has 90 valence electrons. The van der Waals surface area contributed by atoms with E-state index in [0.717, 1.165) is 5.56 Å². The van der Waals surface area contributed by atoms with Crippen LogP contribution in [0.3, 0.4) is 0 Å². The molecule has 2 N–H and O–H groups in total. The lowest BCUT2D eigenvalue weighted by Gasteiger charge is -2.08. The Morgan fingerprint density at radius 2 is 1.82 bits per heavy atom. The fourth-order valence-corrected chi connectivity index (χ4v) is 1.26. The number of hydrogen-bond donors (Lipinski definition) is 2. The van der Waals surface area contributed by atoms with Gasteiger partial charge < -0.3 is 5.32 Å². The van der Waals surface area contributed by atoms with Crippen LogP contribution in [-0.4, -0.2) is 17.7 Å². The minimum Gasteiger partial charge on any atom is -0.307 e. The summed E-state index contributed by atoms with van der Waals surface area (Å²) in [5, 5.41) is 4.61. The summed E-state index contributed by atoms with van der Waals surface area (Å²) in [4.78, 5) is 33.2. The number of hydrogen-bond acceptors (Lipinski definition) is 3. The number of urea groups is 1. The molecule has 17 heavy (non-hydrogen) atoms. The smallest absolute Gasteiger partial charge is 0.307 e. The third-order valence-corrected chi connectivity index (χ3v) is 2.06. The zero-order valence-corrected chi connectivity index (χ0v) is 9.74. The Morgan fingerprint density at radius 3 is 2.41 bits per heavy atom. The molecule has 3 amide bonds. The molecule has 0 saturated carbocycles. The Balaban J connectivity index is 2.53. The van der Waals surface area contributed by atoms with Crippen molar-refractivity contribution >= 4 is 23.4 Å². The Hall–Kier alpha value is -2.17. The molecular formula is C12H14N2O3. The maximum atomic E-state index is 11.4. The average molecular weight is 234 g/mol. The molecule has 0 spiro atoms. The fourth-order valence-electron chi connectivity index (χ4n) is 1.26. The summed E-state index contributed by atoms with van der Waals surface area (Å²) in [5.41, 5.74) is 1.52. The second-order valence-corrected chi connectivity index (χ2v) is 3.70. The Kier molecular flexibility index (Phi) is 4.39. The lowest BCUT2D eigenvalue weighted by Crippen LogP contribution is -2.35. The molecule has 0 fully saturated rings. The molecule has 0 atom stereocenters. The van der Waals surface area contributed by atoms with Gasteiger partial charge in [0.2, 0.25) is 5.91 Å². The lowest BCUT2D eigenvalue weighted by atomic mass is 10.2. The van der Waals surface area contributed by atoms with E-state index in [1.807, 2.05) is 19.1 Å². The van der Waals surface area contributed by atoms with Gasteiger partial charge in [0, 0.05) is 5.69 Å². The van der Waals surface area contributed by atoms with E-state index in [1.54, 1.807) is 12.1 Å². The first kappa shape index (κ1) is 12.9. The van der Waals surface area contributed by atoms with Crippen molar-refractivity contribution in [2.24, 2.45) is 0 Å². The quantitative estimate of drug-likeness (QED) is 0.780. The van der Waals surface area contributed by atoms with Crippen LogP contribution in [0.5, 0.6) is 0 Å². The summed E-state index contributed by atoms with van der Waals surface area (Å²) >= 11 is 0. The van der Waals surface area contributed by atoms with Crippen LogP contribution in [0.4, 0.5) is 10.5 Å². The predicted molar refractivity (Wildman–Crippen MR) is 63.6 cm³/mol. The Bertz CT molecular complexity index is 455. The molecule has 0 heterocycles. The topological polar surface area (TPSA) is 75.3 Å². The van der Waals surface area contributed by atoms with Crippen molar-refractivity contribution in [3.8, 4) is 0 Å². The van der Waals surface area contributed by atoms with Crippen LogP contribution in [0.25, 0.3) is 0 Å². The number of imide groups is 1. The summed E-state index contributed by atoms with van der Waals surface area (Å²) in [7, 11) is 0. The van der Waals surface area contributed by atoms with Gasteiger partial charge in [-0.25, -0.2) is 4.79 Å². The molecule has 0 aliphatic carbocycles. The van der Waals surface area contributed by atoms with E-state index in [-0.39, 0.29) is 12.2 Å². The van der Waals surface area contributed by atoms with E-state index in [9.17, 15) is 14.4 Å². The molecule has 1 aromatic rings. The Morgan fingerprint density at radius 1 is 1.18 bits per heavy atom. The minimum atomic E-state index is -0.634. The SMILES string of the molecule is CC(=O)CC(=O)NC(=O)Nc1ccccc1C. The summed E-state index contributed by atoms with van der Waals surface area (Å²) in [6, 6.07) is 6.56.